The highest BCUT2D eigenvalue weighted by Gasteiger charge is 2.73. The summed E-state index contributed by atoms with van der Waals surface area (Å²) in [5.41, 5.74) is -7.18. The minimum Gasteiger partial charge on any atom is -0.507 e. The van der Waals surface area contributed by atoms with Crippen LogP contribution in [0.3, 0.4) is 0 Å². The highest BCUT2D eigenvalue weighted by atomic mass is 19.4. The van der Waals surface area contributed by atoms with Crippen LogP contribution >= 0.6 is 0 Å². The minimum atomic E-state index is -5.42. The number of ether oxygens (including phenoxy) is 5. The van der Waals surface area contributed by atoms with Gasteiger partial charge in [0.05, 0.1) is 29.0 Å². The second kappa shape index (κ2) is 13.3. The number of rotatable bonds is 7. The monoisotopic (exact) mass is 794 g/mol. The zero-order valence-electron chi connectivity index (χ0n) is 29.8. The summed E-state index contributed by atoms with van der Waals surface area (Å²) >= 11 is 0. The van der Waals surface area contributed by atoms with Gasteiger partial charge in [-0.15, -0.1) is 0 Å². The van der Waals surface area contributed by atoms with Crippen LogP contribution in [0.25, 0.3) is 0 Å². The number of halogens is 3. The van der Waals surface area contributed by atoms with Gasteiger partial charge >= 0.3 is 18.1 Å². The summed E-state index contributed by atoms with van der Waals surface area (Å²) in [6, 6.07) is 0.664. The molecule has 4 aliphatic rings. The number of carbonyl (C=O) groups excluding carboxylic acids is 5. The van der Waals surface area contributed by atoms with E-state index in [1.54, 1.807) is 0 Å². The van der Waals surface area contributed by atoms with E-state index in [2.05, 4.69) is 10.1 Å². The molecule has 0 amide bonds. The Labute approximate surface area is 312 Å². The number of Topliss-reactive ketones (excluding diaryl/α,β-unsaturated/α-hetero) is 3. The van der Waals surface area contributed by atoms with Crippen LogP contribution in [0, 0.1) is 6.92 Å². The van der Waals surface area contributed by atoms with E-state index in [0.29, 0.717) is 12.1 Å². The molecule has 0 spiro atoms. The number of benzene rings is 2. The average molecular weight is 795 g/mol. The molecule has 8 atom stereocenters. The minimum absolute atomic E-state index is 0.207. The number of carbonyl (C=O) groups is 6. The largest absolute Gasteiger partial charge is 0.507 e. The Kier molecular flexibility index (Phi) is 9.58. The van der Waals surface area contributed by atoms with E-state index in [1.807, 2.05) is 0 Å². The van der Waals surface area contributed by atoms with Crippen LogP contribution < -0.4 is 11.1 Å². The van der Waals surface area contributed by atoms with Gasteiger partial charge in [0, 0.05) is 56.2 Å². The molecule has 6 rings (SSSR count). The molecule has 1 aliphatic heterocycles. The zero-order valence-corrected chi connectivity index (χ0v) is 29.8. The SMILES string of the molecule is CO[C@@H]1[C@H](OC(=O)C(F)(F)F)[C@H](OC)[C@H](C)O[C@@H]1NC1=CC(=O)c2c(cc3c(c2O)C(=O)C2(OC)C(O)Cc4c(N)c(C)c(C(=O)O)c(O)c4C2(O)C3=O)C1=O. The predicted octanol–water partition coefficient (Wildman–Crippen LogP) is 0.357. The first-order chi connectivity index (χ1) is 26.1. The number of aliphatic hydroxyl groups is 2. The van der Waals surface area contributed by atoms with Gasteiger partial charge in [-0.3, -0.25) is 19.2 Å². The van der Waals surface area contributed by atoms with Crippen molar-refractivity contribution in [3.8, 4) is 11.5 Å². The first-order valence-corrected chi connectivity index (χ1v) is 16.4. The van der Waals surface area contributed by atoms with E-state index in [-0.39, 0.29) is 16.8 Å². The summed E-state index contributed by atoms with van der Waals surface area (Å²) in [5.74, 6) is -12.2. The number of nitrogens with two attached hydrogens (primary N) is 1. The molecule has 0 bridgehead atoms. The van der Waals surface area contributed by atoms with E-state index in [1.165, 1.54) is 13.8 Å². The lowest BCUT2D eigenvalue weighted by Gasteiger charge is -2.53. The normalized spacial score (nSPS) is 29.8. The quantitative estimate of drug-likeness (QED) is 0.113. The van der Waals surface area contributed by atoms with Crippen molar-refractivity contribution >= 4 is 40.8 Å². The number of anilines is 1. The maximum absolute atomic E-state index is 14.6. The Bertz CT molecular complexity index is 2190. The molecule has 8 N–H and O–H groups in total. The number of hydrogen-bond acceptors (Lipinski definition) is 17. The molecule has 21 heteroatoms. The van der Waals surface area contributed by atoms with Crippen molar-refractivity contribution in [2.75, 3.05) is 27.1 Å². The second-order valence-electron chi connectivity index (χ2n) is 13.4. The highest BCUT2D eigenvalue weighted by molar-refractivity contribution is 6.31. The molecule has 0 aromatic heterocycles. The number of allylic oxidation sites excluding steroid dienone is 2. The van der Waals surface area contributed by atoms with E-state index in [0.717, 1.165) is 21.3 Å². The number of ketones is 4. The summed E-state index contributed by atoms with van der Waals surface area (Å²) in [7, 11) is 2.92. The van der Waals surface area contributed by atoms with Gasteiger partial charge in [-0.1, -0.05) is 0 Å². The molecule has 0 radical (unpaired) electrons. The van der Waals surface area contributed by atoms with E-state index in [9.17, 15) is 67.5 Å². The number of phenols is 2. The third-order valence-corrected chi connectivity index (χ3v) is 10.7. The van der Waals surface area contributed by atoms with Crippen molar-refractivity contribution in [3.05, 3.63) is 62.3 Å². The number of esters is 1. The highest BCUT2D eigenvalue weighted by Crippen LogP contribution is 2.57. The van der Waals surface area contributed by atoms with Crippen LogP contribution in [-0.2, 0) is 40.5 Å². The smallest absolute Gasteiger partial charge is 0.490 e. The number of phenolic OH excluding ortho intramolecular Hbond substituents is 1. The number of alkyl halides is 3. The van der Waals surface area contributed by atoms with Crippen LogP contribution in [0.5, 0.6) is 11.5 Å². The van der Waals surface area contributed by atoms with Crippen LogP contribution in [0.4, 0.5) is 18.9 Å². The molecule has 3 aliphatic carbocycles. The summed E-state index contributed by atoms with van der Waals surface area (Å²) in [6.45, 7) is 2.55. The van der Waals surface area contributed by atoms with Crippen molar-refractivity contribution in [1.82, 2.24) is 5.32 Å². The van der Waals surface area contributed by atoms with E-state index in [4.69, 9.17) is 24.7 Å². The van der Waals surface area contributed by atoms with Gasteiger partial charge in [-0.05, 0) is 31.0 Å². The van der Waals surface area contributed by atoms with Crippen LogP contribution in [0.2, 0.25) is 0 Å². The number of aromatic hydroxyl groups is 2. The van der Waals surface area contributed by atoms with Gasteiger partial charge in [0.1, 0.15) is 29.3 Å². The first kappa shape index (κ1) is 40.2. The van der Waals surface area contributed by atoms with Gasteiger partial charge in [-0.2, -0.15) is 13.2 Å². The maximum atomic E-state index is 14.6. The number of methoxy groups -OCH3 is 3. The number of nitrogen functional groups attached to an aromatic ring is 1. The lowest BCUT2D eigenvalue weighted by Crippen LogP contribution is -2.73. The van der Waals surface area contributed by atoms with E-state index < -0.39 is 146 Å². The first-order valence-electron chi connectivity index (χ1n) is 16.4. The lowest BCUT2D eigenvalue weighted by molar-refractivity contribution is -0.260. The number of carboxylic acid groups (broad SMARTS) is 1. The zero-order chi connectivity index (χ0) is 41.7. The molecule has 3 unspecified atom stereocenters. The number of aliphatic hydroxyl groups excluding tert-OH is 1. The van der Waals surface area contributed by atoms with Crippen molar-refractivity contribution < 1.29 is 91.2 Å². The van der Waals surface area contributed by atoms with Crippen LogP contribution in [0.15, 0.2) is 17.8 Å². The summed E-state index contributed by atoms with van der Waals surface area (Å²) < 4.78 is 65.9. The predicted molar refractivity (Wildman–Crippen MR) is 176 cm³/mol. The fourth-order valence-corrected chi connectivity index (χ4v) is 8.14. The van der Waals surface area contributed by atoms with Gasteiger partial charge in [0.15, 0.2) is 29.3 Å². The Morgan fingerprint density at radius 1 is 0.982 bits per heavy atom. The third kappa shape index (κ3) is 5.25. The molecular weight excluding hydrogens is 761 g/mol. The molecule has 1 fully saturated rings. The molecule has 18 nitrogen and oxygen atoms in total. The van der Waals surface area contributed by atoms with Crippen molar-refractivity contribution in [3.63, 3.8) is 0 Å². The summed E-state index contributed by atoms with van der Waals surface area (Å²) in [5, 5.41) is 59.0. The topological polar surface area (TPSA) is 288 Å². The Morgan fingerprint density at radius 2 is 1.61 bits per heavy atom. The van der Waals surface area contributed by atoms with Gasteiger partial charge in [0.2, 0.25) is 17.3 Å². The van der Waals surface area contributed by atoms with Gasteiger partial charge in [0.25, 0.3) is 0 Å². The Morgan fingerprint density at radius 3 is 2.16 bits per heavy atom. The van der Waals surface area contributed by atoms with Crippen LogP contribution in [-0.4, -0.2) is 130 Å². The van der Waals surface area contributed by atoms with Crippen molar-refractivity contribution in [1.29, 1.82) is 0 Å². The third-order valence-electron chi connectivity index (χ3n) is 10.7. The molecule has 0 saturated carbocycles. The second-order valence-corrected chi connectivity index (χ2v) is 13.4. The van der Waals surface area contributed by atoms with Crippen molar-refractivity contribution in [2.24, 2.45) is 0 Å². The number of aromatic carboxylic acids is 1. The number of fused-ring (bicyclic) bond motifs is 5. The summed E-state index contributed by atoms with van der Waals surface area (Å²) in [4.78, 5) is 80.7. The van der Waals surface area contributed by atoms with Crippen molar-refractivity contribution in [2.45, 2.75) is 74.4 Å². The Hall–Kier alpha value is -5.45. The number of carboxylic acids is 1. The maximum Gasteiger partial charge on any atom is 0.490 e. The molecule has 300 valence electrons. The fraction of sp³-hybridized carbons (Fsp3) is 0.429. The van der Waals surface area contributed by atoms with E-state index >= 15 is 0 Å². The molecular formula is C35H33F3N2O16. The molecule has 2 aromatic rings. The number of nitrogens with one attached hydrogen (secondary N) is 1. The summed E-state index contributed by atoms with van der Waals surface area (Å²) in [6.07, 6.45) is -15.1. The Balaban J connectivity index is 1.48. The molecule has 2 aromatic carbocycles. The lowest BCUT2D eigenvalue weighted by atomic mass is 9.56. The molecule has 56 heavy (non-hydrogen) atoms. The molecule has 1 saturated heterocycles. The van der Waals surface area contributed by atoms with Crippen LogP contribution in [0.1, 0.15) is 75.4 Å². The number of hydrogen-bond donors (Lipinski definition) is 7. The fourth-order valence-electron chi connectivity index (χ4n) is 8.14. The standard InChI is InChI=1S/C35H33F3N2O16/c1-9-17(31(48)49)24(45)20-13(21(9)39)7-16(42)34(54-5)29(47)19-12(28(46)33(20,34)51)6-11-18(23(19)44)15(41)8-14(22(11)43)40-30-27(53-4)26(25(52-3)10(2)55-30)56-32(50)35(36,37)38/h6,8,10,16,25-27,30,40,42,44-45,51H,7,39H2,1-5H3,(H,48,49)/t10-,16?,25+,26+,27+,30-,33?,34?/m0/s1. The average Bonchev–Trinajstić information content (AvgIpc) is 3.11. The molecule has 1 heterocycles. The van der Waals surface area contributed by atoms with Gasteiger partial charge in [-0.25, -0.2) is 9.59 Å². The van der Waals surface area contributed by atoms with Gasteiger partial charge < -0.3 is 60.3 Å².